The van der Waals surface area contributed by atoms with Crippen molar-refractivity contribution in [3.05, 3.63) is 88.1 Å². The van der Waals surface area contributed by atoms with Crippen LogP contribution in [0.5, 0.6) is 0 Å². The van der Waals surface area contributed by atoms with E-state index in [2.05, 4.69) is 0 Å². The topological polar surface area (TPSA) is 101 Å². The van der Waals surface area contributed by atoms with Crippen molar-refractivity contribution in [3.63, 3.8) is 0 Å². The van der Waals surface area contributed by atoms with Crippen LogP contribution in [0.2, 0.25) is 0 Å². The molecule has 3 aromatic rings. The summed E-state index contributed by atoms with van der Waals surface area (Å²) in [7, 11) is 2.48. The van der Waals surface area contributed by atoms with E-state index in [1.165, 1.54) is 18.8 Å². The zero-order valence-electron chi connectivity index (χ0n) is 17.4. The highest BCUT2D eigenvalue weighted by Gasteiger charge is 2.38. The van der Waals surface area contributed by atoms with Gasteiger partial charge < -0.3 is 15.2 Å². The van der Waals surface area contributed by atoms with Gasteiger partial charge in [-0.05, 0) is 17.2 Å². The molecule has 4 rings (SSSR count). The maximum atomic E-state index is 13.6. The number of methoxy groups -OCH3 is 2. The molecule has 0 fully saturated rings. The SMILES string of the molecule is COC(=O)C1=c2/c(=C/c3ccccc3)c(N)c(C(=O)OC)n2C(=O)[C@H](c2ccccc2)S1. The fourth-order valence-electron chi connectivity index (χ4n) is 3.63. The first-order valence-electron chi connectivity index (χ1n) is 9.71. The van der Waals surface area contributed by atoms with Crippen LogP contribution in [0.4, 0.5) is 5.69 Å². The number of benzene rings is 2. The quantitative estimate of drug-likeness (QED) is 0.610. The first-order chi connectivity index (χ1) is 15.5. The summed E-state index contributed by atoms with van der Waals surface area (Å²) in [6.45, 7) is 0. The summed E-state index contributed by atoms with van der Waals surface area (Å²) in [5, 5.41) is -0.164. The van der Waals surface area contributed by atoms with Gasteiger partial charge in [-0.2, -0.15) is 0 Å². The third-order valence-corrected chi connectivity index (χ3v) is 6.41. The Morgan fingerprint density at radius 1 is 0.969 bits per heavy atom. The third kappa shape index (κ3) is 3.58. The number of nitrogens with zero attached hydrogens (tertiary/aromatic N) is 1. The summed E-state index contributed by atoms with van der Waals surface area (Å²) in [4.78, 5) is 39.3. The second kappa shape index (κ2) is 8.76. The predicted molar refractivity (Wildman–Crippen MR) is 122 cm³/mol. The van der Waals surface area contributed by atoms with Gasteiger partial charge in [-0.1, -0.05) is 72.4 Å². The molecule has 2 aromatic carbocycles. The smallest absolute Gasteiger partial charge is 0.357 e. The monoisotopic (exact) mass is 448 g/mol. The van der Waals surface area contributed by atoms with E-state index in [9.17, 15) is 14.4 Å². The molecule has 0 spiro atoms. The molecule has 0 saturated carbocycles. The van der Waals surface area contributed by atoms with Crippen molar-refractivity contribution in [1.29, 1.82) is 0 Å². The highest BCUT2D eigenvalue weighted by atomic mass is 32.2. The van der Waals surface area contributed by atoms with Crippen LogP contribution in [0.3, 0.4) is 0 Å². The van der Waals surface area contributed by atoms with Crippen LogP contribution >= 0.6 is 11.8 Å². The van der Waals surface area contributed by atoms with E-state index < -0.39 is 23.1 Å². The van der Waals surface area contributed by atoms with Crippen molar-refractivity contribution in [3.8, 4) is 0 Å². The largest absolute Gasteiger partial charge is 0.465 e. The molecule has 0 radical (unpaired) electrons. The maximum absolute atomic E-state index is 13.6. The second-order valence-electron chi connectivity index (χ2n) is 6.97. The van der Waals surface area contributed by atoms with Gasteiger partial charge >= 0.3 is 11.9 Å². The molecule has 7 nitrogen and oxygen atoms in total. The number of fused-ring (bicyclic) bond motifs is 1. The number of nitrogen functional groups attached to an aromatic ring is 1. The summed E-state index contributed by atoms with van der Waals surface area (Å²) < 4.78 is 11.1. The van der Waals surface area contributed by atoms with E-state index in [0.717, 1.165) is 17.3 Å². The summed E-state index contributed by atoms with van der Waals surface area (Å²) in [5.41, 5.74) is 7.79. The average molecular weight is 449 g/mol. The van der Waals surface area contributed by atoms with Crippen molar-refractivity contribution < 1.29 is 23.9 Å². The predicted octanol–water partition coefficient (Wildman–Crippen LogP) is 2.10. The van der Waals surface area contributed by atoms with Gasteiger partial charge in [-0.15, -0.1) is 0 Å². The standard InChI is InChI=1S/C24H20N2O5S/c1-30-23(28)19-17(25)16(13-14-9-5-3-6-10-14)18-21(24(29)31-2)32-20(22(27)26(18)19)15-11-7-4-8-12-15/h3-13,20H,25H2,1-2H3/b16-13+/t20-/m0/s1. The number of anilines is 1. The Bertz CT molecular complexity index is 1330. The van der Waals surface area contributed by atoms with E-state index in [1.807, 2.05) is 36.4 Å². The zero-order chi connectivity index (χ0) is 22.8. The summed E-state index contributed by atoms with van der Waals surface area (Å²) in [6.07, 6.45) is 1.73. The van der Waals surface area contributed by atoms with Gasteiger partial charge in [0.1, 0.15) is 10.2 Å². The molecule has 2 N–H and O–H groups in total. The number of carbonyl (C=O) groups excluding carboxylic acids is 3. The molecule has 1 aromatic heterocycles. The number of esters is 2. The Balaban J connectivity index is 2.12. The molecule has 0 unspecified atom stereocenters. The molecule has 162 valence electrons. The number of thioether (sulfide) groups is 1. The number of ether oxygens (including phenoxy) is 2. The van der Waals surface area contributed by atoms with Crippen LogP contribution in [0.15, 0.2) is 60.7 Å². The van der Waals surface area contributed by atoms with Crippen molar-refractivity contribution in [2.75, 3.05) is 20.0 Å². The maximum Gasteiger partial charge on any atom is 0.357 e. The lowest BCUT2D eigenvalue weighted by Gasteiger charge is -2.23. The third-order valence-electron chi connectivity index (χ3n) is 5.11. The van der Waals surface area contributed by atoms with Crippen LogP contribution in [0.25, 0.3) is 11.0 Å². The highest BCUT2D eigenvalue weighted by molar-refractivity contribution is 8.10. The molecule has 1 aliphatic heterocycles. The van der Waals surface area contributed by atoms with E-state index in [0.29, 0.717) is 10.8 Å². The molecule has 0 saturated heterocycles. The van der Waals surface area contributed by atoms with Crippen LogP contribution < -0.4 is 16.3 Å². The van der Waals surface area contributed by atoms with Gasteiger partial charge in [-0.3, -0.25) is 9.36 Å². The van der Waals surface area contributed by atoms with Gasteiger partial charge in [0.2, 0.25) is 5.91 Å². The molecular weight excluding hydrogens is 428 g/mol. The lowest BCUT2D eigenvalue weighted by atomic mass is 10.1. The number of hydrogen-bond acceptors (Lipinski definition) is 7. The lowest BCUT2D eigenvalue weighted by molar-refractivity contribution is -0.133. The first-order valence-corrected chi connectivity index (χ1v) is 10.6. The molecule has 0 aliphatic carbocycles. The Morgan fingerprint density at radius 3 is 2.16 bits per heavy atom. The van der Waals surface area contributed by atoms with Crippen molar-refractivity contribution in [1.82, 2.24) is 4.57 Å². The molecule has 2 heterocycles. The van der Waals surface area contributed by atoms with E-state index in [4.69, 9.17) is 15.2 Å². The van der Waals surface area contributed by atoms with E-state index in [-0.39, 0.29) is 21.6 Å². The van der Waals surface area contributed by atoms with Crippen LogP contribution in [-0.4, -0.2) is 36.6 Å². The molecule has 32 heavy (non-hydrogen) atoms. The molecule has 0 bridgehead atoms. The van der Waals surface area contributed by atoms with Crippen molar-refractivity contribution in [2.45, 2.75) is 5.25 Å². The molecule has 8 heteroatoms. The fourth-order valence-corrected chi connectivity index (χ4v) is 4.86. The van der Waals surface area contributed by atoms with Crippen LogP contribution in [0, 0.1) is 0 Å². The normalized spacial score (nSPS) is 15.9. The Labute approximate surface area is 188 Å². The number of carbonyl (C=O) groups is 3. The highest BCUT2D eigenvalue weighted by Crippen LogP contribution is 2.39. The number of nitrogens with two attached hydrogens (primary N) is 1. The summed E-state index contributed by atoms with van der Waals surface area (Å²) >= 11 is 1.08. The lowest BCUT2D eigenvalue weighted by Crippen LogP contribution is -2.42. The molecule has 1 atom stereocenters. The van der Waals surface area contributed by atoms with Crippen LogP contribution in [-0.2, 0) is 14.3 Å². The number of hydrogen-bond donors (Lipinski definition) is 1. The molecule has 1 aliphatic rings. The van der Waals surface area contributed by atoms with Gasteiger partial charge in [0.15, 0.2) is 5.69 Å². The van der Waals surface area contributed by atoms with E-state index >= 15 is 0 Å². The minimum atomic E-state index is -0.771. The first kappa shape index (κ1) is 21.5. The summed E-state index contributed by atoms with van der Waals surface area (Å²) in [5.74, 6) is -1.79. The zero-order valence-corrected chi connectivity index (χ0v) is 18.2. The Kier molecular flexibility index (Phi) is 5.87. The number of aromatic nitrogens is 1. The minimum absolute atomic E-state index is 0.0553. The summed E-state index contributed by atoms with van der Waals surface area (Å²) in [6, 6.07) is 18.3. The Morgan fingerprint density at radius 2 is 1.56 bits per heavy atom. The molecule has 0 amide bonds. The van der Waals surface area contributed by atoms with Gasteiger partial charge in [0, 0.05) is 5.22 Å². The number of rotatable bonds is 4. The molecular formula is C24H20N2O5S. The van der Waals surface area contributed by atoms with Crippen molar-refractivity contribution in [2.24, 2.45) is 0 Å². The fraction of sp³-hybridized carbons (Fsp3) is 0.125. The minimum Gasteiger partial charge on any atom is -0.465 e. The second-order valence-corrected chi connectivity index (χ2v) is 8.09. The van der Waals surface area contributed by atoms with Gasteiger partial charge in [-0.25, -0.2) is 9.59 Å². The Hall–Kier alpha value is -3.78. The van der Waals surface area contributed by atoms with Crippen LogP contribution in [0.1, 0.15) is 31.7 Å². The van der Waals surface area contributed by atoms with E-state index in [1.54, 1.807) is 30.3 Å². The van der Waals surface area contributed by atoms with Crippen molar-refractivity contribution >= 4 is 46.3 Å². The van der Waals surface area contributed by atoms with Gasteiger partial charge in [0.25, 0.3) is 0 Å². The average Bonchev–Trinajstić information content (AvgIpc) is 3.12. The van der Waals surface area contributed by atoms with Gasteiger partial charge in [0.05, 0.1) is 25.3 Å².